The number of esters is 1. The van der Waals surface area contributed by atoms with Crippen LogP contribution in [0.2, 0.25) is 0 Å². The van der Waals surface area contributed by atoms with Crippen molar-refractivity contribution >= 4 is 13.8 Å². The molecule has 288 valence electrons. The van der Waals surface area contributed by atoms with Crippen LogP contribution < -0.4 is 5.73 Å². The number of phosphoric ester groups is 1. The van der Waals surface area contributed by atoms with Crippen LogP contribution in [-0.2, 0) is 27.9 Å². The minimum Gasteiger partial charge on any atom is -0.457 e. The molecule has 0 aromatic heterocycles. The highest BCUT2D eigenvalue weighted by Gasteiger charge is 2.25. The number of carbonyl (C=O) groups excluding carboxylic acids is 1. The third kappa shape index (κ3) is 37.2. The second-order valence-electron chi connectivity index (χ2n) is 12.4. The fraction of sp³-hybridized carbons (Fsp3) is 0.683. The second-order valence-corrected chi connectivity index (χ2v) is 13.9. The summed E-state index contributed by atoms with van der Waals surface area (Å²) in [5.74, 6) is -0.359. The molecule has 0 rings (SSSR count). The Balaban J connectivity index is 4.20. The number of rotatable bonds is 36. The van der Waals surface area contributed by atoms with E-state index in [1.54, 1.807) is 0 Å². The molecule has 0 radical (unpaired) electrons. The minimum atomic E-state index is -4.29. The average Bonchev–Trinajstić information content (AvgIpc) is 3.10. The average molecular weight is 722 g/mol. The first-order valence-electron chi connectivity index (χ1n) is 19.4. The summed E-state index contributed by atoms with van der Waals surface area (Å²) in [7, 11) is -4.29. The number of hydrogen-bond donors (Lipinski definition) is 2. The van der Waals surface area contributed by atoms with Gasteiger partial charge in [-0.15, -0.1) is 0 Å². The molecule has 0 aliphatic heterocycles. The quantitative estimate of drug-likeness (QED) is 0.0284. The molecule has 0 fully saturated rings. The van der Waals surface area contributed by atoms with Crippen LogP contribution in [0.4, 0.5) is 0 Å². The highest BCUT2D eigenvalue weighted by Crippen LogP contribution is 2.43. The summed E-state index contributed by atoms with van der Waals surface area (Å²) in [6.07, 6.45) is 46.3. The molecule has 50 heavy (non-hydrogen) atoms. The molecule has 0 bridgehead atoms. The standard InChI is InChI=1S/C41H72NO7P/c1-3-5-7-9-11-13-15-17-18-19-20-21-23-25-27-29-31-33-36-46-38-40(39-48-50(44,45)47-37-35-42)49-41(43)34-32-30-28-26-24-22-16-14-12-10-8-6-4-2/h5,7,11,13-14,16-18,20-21,25,27,40H,3-4,6,8-10,12,15,19,22-24,26,28-39,42H2,1-2H3,(H,44,45)/b7-5-,13-11-,16-14-,18-17-,21-20-,27-25-. The SMILES string of the molecule is CC/C=C\C/C=C\C/C=C\C/C=C\C/C=C\CCCCOCC(COP(=O)(O)OCCN)OC(=O)CCCCCCC/C=C\CCCCCC. The van der Waals surface area contributed by atoms with Gasteiger partial charge >= 0.3 is 13.8 Å². The number of hydrogen-bond acceptors (Lipinski definition) is 7. The molecule has 3 N–H and O–H groups in total. The normalized spacial score (nSPS) is 14.4. The molecule has 8 nitrogen and oxygen atoms in total. The van der Waals surface area contributed by atoms with Crippen molar-refractivity contribution in [3.8, 4) is 0 Å². The van der Waals surface area contributed by atoms with Crippen molar-refractivity contribution in [2.75, 3.05) is 33.0 Å². The van der Waals surface area contributed by atoms with Gasteiger partial charge in [-0.3, -0.25) is 13.8 Å². The van der Waals surface area contributed by atoms with E-state index in [0.29, 0.717) is 13.0 Å². The minimum absolute atomic E-state index is 0.0798. The van der Waals surface area contributed by atoms with Crippen LogP contribution >= 0.6 is 7.82 Å². The van der Waals surface area contributed by atoms with E-state index in [-0.39, 0.29) is 32.3 Å². The van der Waals surface area contributed by atoms with Crippen LogP contribution in [0.15, 0.2) is 72.9 Å². The van der Waals surface area contributed by atoms with Gasteiger partial charge in [0.05, 0.1) is 19.8 Å². The maximum Gasteiger partial charge on any atom is 0.472 e. The Kier molecular flexibility index (Phi) is 36.6. The highest BCUT2D eigenvalue weighted by atomic mass is 31.2. The zero-order valence-corrected chi connectivity index (χ0v) is 32.5. The summed E-state index contributed by atoms with van der Waals surface area (Å²) in [6, 6.07) is 0. The summed E-state index contributed by atoms with van der Waals surface area (Å²) >= 11 is 0. The van der Waals surface area contributed by atoms with Crippen molar-refractivity contribution in [3.63, 3.8) is 0 Å². The van der Waals surface area contributed by atoms with Gasteiger partial charge in [0, 0.05) is 19.6 Å². The lowest BCUT2D eigenvalue weighted by molar-refractivity contribution is -0.154. The lowest BCUT2D eigenvalue weighted by Crippen LogP contribution is -2.28. The smallest absolute Gasteiger partial charge is 0.457 e. The van der Waals surface area contributed by atoms with Gasteiger partial charge in [0.1, 0.15) is 6.10 Å². The molecule has 0 saturated heterocycles. The zero-order chi connectivity index (χ0) is 36.6. The molecule has 0 saturated carbocycles. The van der Waals surface area contributed by atoms with Gasteiger partial charge in [0.2, 0.25) is 0 Å². The van der Waals surface area contributed by atoms with E-state index in [0.717, 1.165) is 83.5 Å². The molecule has 0 heterocycles. The molecule has 0 amide bonds. The Hall–Kier alpha value is -2.06. The van der Waals surface area contributed by atoms with Crippen molar-refractivity contribution in [1.82, 2.24) is 0 Å². The Morgan fingerprint density at radius 1 is 0.620 bits per heavy atom. The van der Waals surface area contributed by atoms with Crippen LogP contribution in [0.5, 0.6) is 0 Å². The zero-order valence-electron chi connectivity index (χ0n) is 31.6. The van der Waals surface area contributed by atoms with Crippen LogP contribution in [0.1, 0.15) is 142 Å². The molecule has 0 aromatic rings. The number of phosphoric acid groups is 1. The van der Waals surface area contributed by atoms with Gasteiger partial charge in [-0.1, -0.05) is 125 Å². The van der Waals surface area contributed by atoms with Gasteiger partial charge in [0.25, 0.3) is 0 Å². The van der Waals surface area contributed by atoms with E-state index in [1.807, 2.05) is 0 Å². The Labute approximate surface area is 305 Å². The predicted octanol–water partition coefficient (Wildman–Crippen LogP) is 11.2. The molecule has 0 aliphatic carbocycles. The third-order valence-electron chi connectivity index (χ3n) is 7.61. The summed E-state index contributed by atoms with van der Waals surface area (Å²) in [4.78, 5) is 22.4. The van der Waals surface area contributed by atoms with Crippen molar-refractivity contribution < 1.29 is 32.8 Å². The van der Waals surface area contributed by atoms with Gasteiger partial charge in [-0.25, -0.2) is 4.57 Å². The first-order chi connectivity index (χ1) is 24.4. The van der Waals surface area contributed by atoms with Crippen LogP contribution in [0.3, 0.4) is 0 Å². The van der Waals surface area contributed by atoms with Crippen molar-refractivity contribution in [3.05, 3.63) is 72.9 Å². The second kappa shape index (κ2) is 38.2. The summed E-state index contributed by atoms with van der Waals surface area (Å²) in [6.45, 7) is 4.64. The van der Waals surface area contributed by atoms with Crippen LogP contribution in [-0.4, -0.2) is 49.9 Å². The van der Waals surface area contributed by atoms with Crippen LogP contribution in [0, 0.1) is 0 Å². The van der Waals surface area contributed by atoms with E-state index in [1.165, 1.54) is 38.5 Å². The fourth-order valence-corrected chi connectivity index (χ4v) is 5.55. The van der Waals surface area contributed by atoms with E-state index >= 15 is 0 Å². The van der Waals surface area contributed by atoms with Crippen LogP contribution in [0.25, 0.3) is 0 Å². The first-order valence-corrected chi connectivity index (χ1v) is 20.9. The number of allylic oxidation sites excluding steroid dienone is 12. The summed E-state index contributed by atoms with van der Waals surface area (Å²) in [5.41, 5.74) is 5.35. The van der Waals surface area contributed by atoms with Crippen molar-refractivity contribution in [2.45, 2.75) is 148 Å². The number of nitrogens with two attached hydrogens (primary N) is 1. The third-order valence-corrected chi connectivity index (χ3v) is 8.59. The van der Waals surface area contributed by atoms with Crippen molar-refractivity contribution in [2.24, 2.45) is 5.73 Å². The number of carbonyl (C=O) groups is 1. The largest absolute Gasteiger partial charge is 0.472 e. The lowest BCUT2D eigenvalue weighted by atomic mass is 10.1. The van der Waals surface area contributed by atoms with E-state index in [4.69, 9.17) is 24.3 Å². The summed E-state index contributed by atoms with van der Waals surface area (Å²) < 4.78 is 33.2. The van der Waals surface area contributed by atoms with Crippen molar-refractivity contribution in [1.29, 1.82) is 0 Å². The van der Waals surface area contributed by atoms with E-state index in [2.05, 4.69) is 86.8 Å². The molecule has 0 spiro atoms. The monoisotopic (exact) mass is 722 g/mol. The van der Waals surface area contributed by atoms with Gasteiger partial charge in [0.15, 0.2) is 0 Å². The lowest BCUT2D eigenvalue weighted by Gasteiger charge is -2.20. The maximum absolute atomic E-state index is 12.5. The molecule has 0 aliphatic rings. The van der Waals surface area contributed by atoms with Gasteiger partial charge in [-0.05, 0) is 83.5 Å². The van der Waals surface area contributed by atoms with E-state index in [9.17, 15) is 14.3 Å². The summed E-state index contributed by atoms with van der Waals surface area (Å²) in [5, 5.41) is 0. The molecular formula is C41H72NO7P. The maximum atomic E-state index is 12.5. The molecule has 2 unspecified atom stereocenters. The van der Waals surface area contributed by atoms with Gasteiger partial charge < -0.3 is 20.1 Å². The molecule has 2 atom stereocenters. The Morgan fingerprint density at radius 3 is 1.70 bits per heavy atom. The fourth-order valence-electron chi connectivity index (χ4n) is 4.78. The molecule has 0 aromatic carbocycles. The van der Waals surface area contributed by atoms with E-state index < -0.39 is 13.9 Å². The number of unbranched alkanes of at least 4 members (excludes halogenated alkanes) is 11. The Morgan fingerprint density at radius 2 is 1.12 bits per heavy atom. The Bertz CT molecular complexity index is 989. The highest BCUT2D eigenvalue weighted by molar-refractivity contribution is 7.47. The topological polar surface area (TPSA) is 117 Å². The molecule has 9 heteroatoms. The number of ether oxygens (including phenoxy) is 2. The molecular weight excluding hydrogens is 649 g/mol. The first kappa shape index (κ1) is 47.9. The van der Waals surface area contributed by atoms with Gasteiger partial charge in [-0.2, -0.15) is 0 Å². The predicted molar refractivity (Wildman–Crippen MR) is 210 cm³/mol.